The molecule has 0 aliphatic heterocycles. The summed E-state index contributed by atoms with van der Waals surface area (Å²) in [6, 6.07) is 17.3. The van der Waals surface area contributed by atoms with Crippen molar-refractivity contribution in [2.45, 2.75) is 32.9 Å². The fourth-order valence-electron chi connectivity index (χ4n) is 3.31. The third-order valence-electron chi connectivity index (χ3n) is 4.83. The van der Waals surface area contributed by atoms with Crippen LogP contribution in [0.25, 0.3) is 11.0 Å². The zero-order valence-electron chi connectivity index (χ0n) is 18.0. The van der Waals surface area contributed by atoms with Crippen molar-refractivity contribution in [3.8, 4) is 17.5 Å². The first-order chi connectivity index (χ1) is 15.3. The average Bonchev–Trinajstić information content (AvgIpc) is 3.13. The molecule has 0 unspecified atom stereocenters. The van der Waals surface area contributed by atoms with Gasteiger partial charge in [0.1, 0.15) is 18.1 Å². The van der Waals surface area contributed by atoms with E-state index in [0.717, 1.165) is 16.8 Å². The molecule has 0 saturated heterocycles. The highest BCUT2D eigenvalue weighted by atomic mass is 35.5. The summed E-state index contributed by atoms with van der Waals surface area (Å²) < 4.78 is 11.7. The van der Waals surface area contributed by atoms with Crippen LogP contribution in [0.2, 0.25) is 5.02 Å². The number of hydrogen-bond donors (Lipinski definition) is 2. The fourth-order valence-corrected chi connectivity index (χ4v) is 3.53. The molecule has 2 heterocycles. The van der Waals surface area contributed by atoms with Gasteiger partial charge >= 0.3 is 0 Å². The van der Waals surface area contributed by atoms with Gasteiger partial charge in [0.05, 0.1) is 33.5 Å². The van der Waals surface area contributed by atoms with Gasteiger partial charge in [0.15, 0.2) is 0 Å². The Morgan fingerprint density at radius 1 is 1.16 bits per heavy atom. The lowest BCUT2D eigenvalue weighted by atomic mass is 10.00. The summed E-state index contributed by atoms with van der Waals surface area (Å²) in [5.41, 5.74) is 2.58. The van der Waals surface area contributed by atoms with Gasteiger partial charge in [-0.25, -0.2) is 0 Å². The molecule has 0 saturated carbocycles. The van der Waals surface area contributed by atoms with Crippen LogP contribution in [0.15, 0.2) is 60.8 Å². The SMILES string of the molecule is CC(=O)NC(C)(C)c1ccc(Oc2nc3cc(OCc4ccccc4)c(Cl)cc3[nH]2)cn1. The molecule has 0 atom stereocenters. The third-order valence-corrected chi connectivity index (χ3v) is 5.13. The van der Waals surface area contributed by atoms with Crippen molar-refractivity contribution >= 4 is 28.5 Å². The second-order valence-corrected chi connectivity index (χ2v) is 8.31. The standard InChI is InChI=1S/C24H23ClN4O3/c1-15(30)29-24(2,3)22-10-9-17(13-26-22)32-23-27-19-11-18(25)21(12-20(19)28-23)31-14-16-7-5-4-6-8-16/h4-13H,14H2,1-3H3,(H,27,28)(H,29,30). The van der Waals surface area contributed by atoms with Gasteiger partial charge < -0.3 is 19.8 Å². The zero-order valence-corrected chi connectivity index (χ0v) is 18.7. The predicted octanol–water partition coefficient (Wildman–Crippen LogP) is 5.35. The number of hydrogen-bond acceptors (Lipinski definition) is 5. The van der Waals surface area contributed by atoms with E-state index in [9.17, 15) is 4.79 Å². The average molecular weight is 451 g/mol. The Hall–Kier alpha value is -3.58. The number of ether oxygens (including phenoxy) is 2. The van der Waals surface area contributed by atoms with Crippen molar-refractivity contribution in [1.29, 1.82) is 0 Å². The largest absolute Gasteiger partial charge is 0.487 e. The normalized spacial score (nSPS) is 11.4. The van der Waals surface area contributed by atoms with Crippen molar-refractivity contribution < 1.29 is 14.3 Å². The maximum atomic E-state index is 11.4. The number of aromatic amines is 1. The smallest absolute Gasteiger partial charge is 0.300 e. The summed E-state index contributed by atoms with van der Waals surface area (Å²) in [6.45, 7) is 5.66. The molecule has 0 spiro atoms. The summed E-state index contributed by atoms with van der Waals surface area (Å²) in [7, 11) is 0. The van der Waals surface area contributed by atoms with E-state index in [-0.39, 0.29) is 5.91 Å². The molecule has 2 aromatic heterocycles. The number of fused-ring (bicyclic) bond motifs is 1. The maximum Gasteiger partial charge on any atom is 0.300 e. The minimum Gasteiger partial charge on any atom is -0.487 e. The first kappa shape index (κ1) is 21.6. The molecule has 4 aromatic rings. The first-order valence-electron chi connectivity index (χ1n) is 10.1. The molecule has 32 heavy (non-hydrogen) atoms. The summed E-state index contributed by atoms with van der Waals surface area (Å²) in [5, 5.41) is 3.35. The molecule has 0 aliphatic rings. The van der Waals surface area contributed by atoms with Crippen LogP contribution in [0.3, 0.4) is 0 Å². The van der Waals surface area contributed by atoms with E-state index in [4.69, 9.17) is 21.1 Å². The Labute approximate surface area is 190 Å². The zero-order chi connectivity index (χ0) is 22.7. The van der Waals surface area contributed by atoms with Crippen LogP contribution in [0.4, 0.5) is 0 Å². The predicted molar refractivity (Wildman–Crippen MR) is 123 cm³/mol. The van der Waals surface area contributed by atoms with E-state index < -0.39 is 5.54 Å². The number of nitrogens with zero attached hydrogens (tertiary/aromatic N) is 2. The third kappa shape index (κ3) is 5.00. The summed E-state index contributed by atoms with van der Waals surface area (Å²) in [4.78, 5) is 23.4. The van der Waals surface area contributed by atoms with E-state index >= 15 is 0 Å². The highest BCUT2D eigenvalue weighted by Crippen LogP contribution is 2.32. The Balaban J connectivity index is 1.48. The van der Waals surface area contributed by atoms with Crippen LogP contribution in [-0.4, -0.2) is 20.9 Å². The number of rotatable bonds is 7. The molecule has 4 rings (SSSR count). The van der Waals surface area contributed by atoms with E-state index in [2.05, 4.69) is 20.3 Å². The van der Waals surface area contributed by atoms with Gasteiger partial charge in [-0.15, -0.1) is 0 Å². The number of nitrogens with one attached hydrogen (secondary N) is 2. The molecule has 1 amide bonds. The Morgan fingerprint density at radius 2 is 1.94 bits per heavy atom. The highest BCUT2D eigenvalue weighted by Gasteiger charge is 2.23. The number of pyridine rings is 1. The monoisotopic (exact) mass is 450 g/mol. The summed E-state index contributed by atoms with van der Waals surface area (Å²) in [5.74, 6) is 0.940. The maximum absolute atomic E-state index is 11.4. The number of carbonyl (C=O) groups excluding carboxylic acids is 1. The summed E-state index contributed by atoms with van der Waals surface area (Å²) in [6.07, 6.45) is 1.59. The van der Waals surface area contributed by atoms with Crippen LogP contribution in [0, 0.1) is 0 Å². The lowest BCUT2D eigenvalue weighted by Gasteiger charge is -2.24. The molecular weight excluding hydrogens is 428 g/mol. The van der Waals surface area contributed by atoms with Gasteiger partial charge in [-0.3, -0.25) is 9.78 Å². The molecule has 164 valence electrons. The van der Waals surface area contributed by atoms with E-state index in [1.54, 1.807) is 30.5 Å². The lowest BCUT2D eigenvalue weighted by Crippen LogP contribution is -2.40. The minimum absolute atomic E-state index is 0.120. The number of amides is 1. The number of halogens is 1. The van der Waals surface area contributed by atoms with Gasteiger partial charge in [0.25, 0.3) is 6.01 Å². The fraction of sp³-hybridized carbons (Fsp3) is 0.208. The Kier molecular flexibility index (Phi) is 6.01. The second-order valence-electron chi connectivity index (χ2n) is 7.90. The van der Waals surface area contributed by atoms with Crippen LogP contribution < -0.4 is 14.8 Å². The second kappa shape index (κ2) is 8.88. The highest BCUT2D eigenvalue weighted by molar-refractivity contribution is 6.32. The van der Waals surface area contributed by atoms with Crippen molar-refractivity contribution in [1.82, 2.24) is 20.3 Å². The van der Waals surface area contributed by atoms with Crippen LogP contribution in [-0.2, 0) is 16.9 Å². The molecule has 0 fully saturated rings. The number of H-pyrrole nitrogens is 1. The van der Waals surface area contributed by atoms with Crippen LogP contribution in [0.5, 0.6) is 17.5 Å². The molecule has 0 radical (unpaired) electrons. The molecule has 2 aromatic carbocycles. The van der Waals surface area contributed by atoms with Crippen molar-refractivity contribution in [3.05, 3.63) is 77.1 Å². The van der Waals surface area contributed by atoms with Crippen molar-refractivity contribution in [2.75, 3.05) is 0 Å². The summed E-state index contributed by atoms with van der Waals surface area (Å²) >= 11 is 6.38. The van der Waals surface area contributed by atoms with Gasteiger partial charge in [0, 0.05) is 13.0 Å². The number of carbonyl (C=O) groups is 1. The van der Waals surface area contributed by atoms with Gasteiger partial charge in [0.2, 0.25) is 5.91 Å². The van der Waals surface area contributed by atoms with Gasteiger partial charge in [-0.05, 0) is 37.6 Å². The molecular formula is C24H23ClN4O3. The Morgan fingerprint density at radius 3 is 2.62 bits per heavy atom. The molecule has 0 aliphatic carbocycles. The van der Waals surface area contributed by atoms with Crippen molar-refractivity contribution in [3.63, 3.8) is 0 Å². The number of aromatic nitrogens is 3. The van der Waals surface area contributed by atoms with E-state index in [1.807, 2.05) is 44.2 Å². The van der Waals surface area contributed by atoms with E-state index in [0.29, 0.717) is 34.7 Å². The van der Waals surface area contributed by atoms with Gasteiger partial charge in [-0.1, -0.05) is 41.9 Å². The molecule has 7 nitrogen and oxygen atoms in total. The molecule has 8 heteroatoms. The minimum atomic E-state index is -0.587. The van der Waals surface area contributed by atoms with Crippen LogP contribution >= 0.6 is 11.6 Å². The lowest BCUT2D eigenvalue weighted by molar-refractivity contribution is -0.120. The van der Waals surface area contributed by atoms with Crippen molar-refractivity contribution in [2.24, 2.45) is 0 Å². The van der Waals surface area contributed by atoms with Crippen LogP contribution in [0.1, 0.15) is 32.0 Å². The number of benzene rings is 2. The number of imidazole rings is 1. The van der Waals surface area contributed by atoms with E-state index in [1.165, 1.54) is 6.92 Å². The topological polar surface area (TPSA) is 89.1 Å². The molecule has 2 N–H and O–H groups in total. The Bertz CT molecular complexity index is 1240. The quantitative estimate of drug-likeness (QED) is 0.396. The van der Waals surface area contributed by atoms with Gasteiger partial charge in [-0.2, -0.15) is 4.98 Å². The first-order valence-corrected chi connectivity index (χ1v) is 10.5. The molecule has 0 bridgehead atoms.